The van der Waals surface area contributed by atoms with Gasteiger partial charge in [0.1, 0.15) is 5.92 Å². The van der Waals surface area contributed by atoms with Gasteiger partial charge in [0.2, 0.25) is 0 Å². The van der Waals surface area contributed by atoms with E-state index < -0.39 is 11.9 Å². The lowest BCUT2D eigenvalue weighted by atomic mass is 10.0. The fraction of sp³-hybridized carbons (Fsp3) is 0.500. The Labute approximate surface area is 124 Å². The first-order valence-corrected chi connectivity index (χ1v) is 7.37. The van der Waals surface area contributed by atoms with Crippen LogP contribution in [0.4, 0.5) is 10.5 Å². The molecule has 5 nitrogen and oxygen atoms in total. The van der Waals surface area contributed by atoms with Crippen LogP contribution in [-0.2, 0) is 4.79 Å². The van der Waals surface area contributed by atoms with Gasteiger partial charge >= 0.3 is 12.0 Å². The van der Waals surface area contributed by atoms with E-state index in [1.165, 1.54) is 0 Å². The van der Waals surface area contributed by atoms with Gasteiger partial charge in [-0.25, -0.2) is 4.79 Å². The standard InChI is InChI=1S/C16H20N2O3/c1-10-7-17(8-11(10)2)16(21)18-9-13(15(19)20)12-5-3-4-6-14(12)18/h3-6,10-11,13H,7-9H2,1-2H3,(H,19,20). The van der Waals surface area contributed by atoms with Crippen LogP contribution in [0.25, 0.3) is 0 Å². The van der Waals surface area contributed by atoms with Crippen LogP contribution in [-0.4, -0.2) is 41.6 Å². The van der Waals surface area contributed by atoms with Gasteiger partial charge in [0.05, 0.1) is 0 Å². The summed E-state index contributed by atoms with van der Waals surface area (Å²) < 4.78 is 0. The molecule has 2 heterocycles. The first-order chi connectivity index (χ1) is 9.99. The van der Waals surface area contributed by atoms with Crippen molar-refractivity contribution < 1.29 is 14.7 Å². The van der Waals surface area contributed by atoms with Crippen LogP contribution >= 0.6 is 0 Å². The Hall–Kier alpha value is -2.04. The van der Waals surface area contributed by atoms with Gasteiger partial charge in [0.15, 0.2) is 0 Å². The third kappa shape index (κ3) is 2.26. The average molecular weight is 288 g/mol. The summed E-state index contributed by atoms with van der Waals surface area (Å²) in [6.45, 7) is 6.02. The average Bonchev–Trinajstić information content (AvgIpc) is 3.00. The number of anilines is 1. The maximum absolute atomic E-state index is 12.7. The molecular weight excluding hydrogens is 268 g/mol. The molecule has 2 aliphatic rings. The molecule has 0 saturated carbocycles. The number of carboxylic acids is 1. The van der Waals surface area contributed by atoms with Crippen LogP contribution < -0.4 is 4.90 Å². The second-order valence-corrected chi connectivity index (χ2v) is 6.20. The summed E-state index contributed by atoms with van der Waals surface area (Å²) in [5, 5.41) is 9.36. The number of aliphatic carboxylic acids is 1. The summed E-state index contributed by atoms with van der Waals surface area (Å²) in [5.41, 5.74) is 1.47. The molecule has 0 aliphatic carbocycles. The number of carbonyl (C=O) groups is 2. The van der Waals surface area contributed by atoms with Crippen molar-refractivity contribution in [2.45, 2.75) is 19.8 Å². The number of carbonyl (C=O) groups excluding carboxylic acids is 1. The third-order valence-corrected chi connectivity index (χ3v) is 4.76. The molecule has 0 radical (unpaired) electrons. The molecule has 0 spiro atoms. The molecule has 1 saturated heterocycles. The molecule has 112 valence electrons. The topological polar surface area (TPSA) is 60.9 Å². The number of rotatable bonds is 1. The summed E-state index contributed by atoms with van der Waals surface area (Å²) >= 11 is 0. The predicted molar refractivity (Wildman–Crippen MR) is 79.5 cm³/mol. The molecule has 5 heteroatoms. The van der Waals surface area contributed by atoms with Gasteiger partial charge in [-0.05, 0) is 23.5 Å². The van der Waals surface area contributed by atoms with Gasteiger partial charge in [0.25, 0.3) is 0 Å². The summed E-state index contributed by atoms with van der Waals surface area (Å²) in [6, 6.07) is 7.24. The van der Waals surface area contributed by atoms with Gasteiger partial charge in [0, 0.05) is 25.3 Å². The zero-order chi connectivity index (χ0) is 15.1. The Kier molecular flexibility index (Phi) is 3.35. The molecule has 2 aliphatic heterocycles. The van der Waals surface area contributed by atoms with E-state index in [2.05, 4.69) is 13.8 Å². The van der Waals surface area contributed by atoms with Crippen molar-refractivity contribution in [3.63, 3.8) is 0 Å². The van der Waals surface area contributed by atoms with Crippen molar-refractivity contribution in [2.24, 2.45) is 11.8 Å². The highest BCUT2D eigenvalue weighted by molar-refractivity contribution is 5.98. The van der Waals surface area contributed by atoms with Crippen LogP contribution in [0.5, 0.6) is 0 Å². The Bertz CT molecular complexity index is 577. The van der Waals surface area contributed by atoms with E-state index in [0.29, 0.717) is 11.8 Å². The number of amides is 2. The van der Waals surface area contributed by atoms with E-state index in [9.17, 15) is 14.7 Å². The minimum atomic E-state index is -0.874. The molecular formula is C16H20N2O3. The maximum atomic E-state index is 12.7. The molecule has 0 bridgehead atoms. The van der Waals surface area contributed by atoms with E-state index >= 15 is 0 Å². The zero-order valence-corrected chi connectivity index (χ0v) is 12.3. The summed E-state index contributed by atoms with van der Waals surface area (Å²) in [5.74, 6) is -0.521. The molecule has 3 rings (SSSR count). The second-order valence-electron chi connectivity index (χ2n) is 6.20. The van der Waals surface area contributed by atoms with Gasteiger partial charge in [-0.3, -0.25) is 9.69 Å². The van der Waals surface area contributed by atoms with Crippen LogP contribution in [0, 0.1) is 11.8 Å². The van der Waals surface area contributed by atoms with Crippen molar-refractivity contribution >= 4 is 17.7 Å². The minimum Gasteiger partial charge on any atom is -0.481 e. The van der Waals surface area contributed by atoms with Crippen molar-refractivity contribution in [1.82, 2.24) is 4.90 Å². The quantitative estimate of drug-likeness (QED) is 0.863. The number of likely N-dealkylation sites (tertiary alicyclic amines) is 1. The van der Waals surface area contributed by atoms with Crippen molar-refractivity contribution in [3.05, 3.63) is 29.8 Å². The van der Waals surface area contributed by atoms with Crippen molar-refractivity contribution in [3.8, 4) is 0 Å². The summed E-state index contributed by atoms with van der Waals surface area (Å²) in [7, 11) is 0. The first-order valence-electron chi connectivity index (χ1n) is 7.37. The zero-order valence-electron chi connectivity index (χ0n) is 12.3. The van der Waals surface area contributed by atoms with Gasteiger partial charge in [-0.2, -0.15) is 0 Å². The van der Waals surface area contributed by atoms with Crippen LogP contribution in [0.15, 0.2) is 24.3 Å². The number of hydrogen-bond acceptors (Lipinski definition) is 2. The second kappa shape index (κ2) is 5.06. The lowest BCUT2D eigenvalue weighted by Gasteiger charge is -2.25. The van der Waals surface area contributed by atoms with Crippen LogP contribution in [0.1, 0.15) is 25.3 Å². The van der Waals surface area contributed by atoms with Crippen molar-refractivity contribution in [2.75, 3.05) is 24.5 Å². The van der Waals surface area contributed by atoms with Gasteiger partial charge in [-0.1, -0.05) is 32.0 Å². The number of nitrogens with zero attached hydrogens (tertiary/aromatic N) is 2. The molecule has 1 aromatic carbocycles. The van der Waals surface area contributed by atoms with Crippen molar-refractivity contribution in [1.29, 1.82) is 0 Å². The van der Waals surface area contributed by atoms with E-state index in [1.54, 1.807) is 11.0 Å². The smallest absolute Gasteiger partial charge is 0.324 e. The highest BCUT2D eigenvalue weighted by Crippen LogP contribution is 2.37. The molecule has 2 amide bonds. The Morgan fingerprint density at radius 3 is 2.33 bits per heavy atom. The summed E-state index contributed by atoms with van der Waals surface area (Å²) in [4.78, 5) is 27.6. The number of carboxylic acid groups (broad SMARTS) is 1. The van der Waals surface area contributed by atoms with E-state index in [-0.39, 0.29) is 12.6 Å². The lowest BCUT2D eigenvalue weighted by Crippen LogP contribution is -2.42. The molecule has 3 atom stereocenters. The van der Waals surface area contributed by atoms with E-state index in [1.807, 2.05) is 23.1 Å². The van der Waals surface area contributed by atoms with Gasteiger partial charge < -0.3 is 10.0 Å². The predicted octanol–water partition coefficient (Wildman–Crippen LogP) is 2.38. The highest BCUT2D eigenvalue weighted by Gasteiger charge is 2.40. The Morgan fingerprint density at radius 2 is 1.71 bits per heavy atom. The third-order valence-electron chi connectivity index (χ3n) is 4.76. The minimum absolute atomic E-state index is 0.0672. The number of benzene rings is 1. The van der Waals surface area contributed by atoms with Crippen LogP contribution in [0.3, 0.4) is 0 Å². The molecule has 1 N–H and O–H groups in total. The SMILES string of the molecule is CC1CN(C(=O)N2CC(C(=O)O)c3ccccc32)CC1C. The van der Waals surface area contributed by atoms with E-state index in [4.69, 9.17) is 0 Å². The van der Waals surface area contributed by atoms with E-state index in [0.717, 1.165) is 24.3 Å². The number of fused-ring (bicyclic) bond motifs is 1. The first kappa shape index (κ1) is 13.9. The Morgan fingerprint density at radius 1 is 1.10 bits per heavy atom. The number of urea groups is 1. The molecule has 1 aromatic rings. The lowest BCUT2D eigenvalue weighted by molar-refractivity contribution is -0.138. The molecule has 21 heavy (non-hydrogen) atoms. The highest BCUT2D eigenvalue weighted by atomic mass is 16.4. The number of para-hydroxylation sites is 1. The summed E-state index contributed by atoms with van der Waals surface area (Å²) in [6.07, 6.45) is 0. The molecule has 1 fully saturated rings. The van der Waals surface area contributed by atoms with Crippen LogP contribution in [0.2, 0.25) is 0 Å². The normalized spacial score (nSPS) is 27.8. The maximum Gasteiger partial charge on any atom is 0.324 e. The monoisotopic (exact) mass is 288 g/mol. The fourth-order valence-electron chi connectivity index (χ4n) is 3.26. The number of hydrogen-bond donors (Lipinski definition) is 1. The Balaban J connectivity index is 1.87. The molecule has 3 unspecified atom stereocenters. The van der Waals surface area contributed by atoms with Gasteiger partial charge in [-0.15, -0.1) is 0 Å². The fourth-order valence-corrected chi connectivity index (χ4v) is 3.26. The molecule has 0 aromatic heterocycles. The largest absolute Gasteiger partial charge is 0.481 e.